The molecule has 0 spiro atoms. The number of nitrogens with two attached hydrogens (primary N) is 2. The zero-order valence-electron chi connectivity index (χ0n) is 14.9. The van der Waals surface area contributed by atoms with Gasteiger partial charge in [0, 0.05) is 22.5 Å². The highest BCUT2D eigenvalue weighted by molar-refractivity contribution is 5.91. The highest BCUT2D eigenvalue weighted by Gasteiger charge is 2.73. The first-order chi connectivity index (χ1) is 14.0. The van der Waals surface area contributed by atoms with Crippen molar-refractivity contribution < 1.29 is 62.9 Å². The van der Waals surface area contributed by atoms with Crippen molar-refractivity contribution in [1.29, 1.82) is 0 Å². The Hall–Kier alpha value is -2.62. The van der Waals surface area contributed by atoms with Gasteiger partial charge in [-0.25, -0.2) is 0 Å². The maximum atomic E-state index is 13.1. The molecule has 0 saturated carbocycles. The van der Waals surface area contributed by atoms with Gasteiger partial charge in [-0.3, -0.25) is 0 Å². The molecule has 180 valence electrons. The van der Waals surface area contributed by atoms with Crippen LogP contribution in [-0.4, -0.2) is 34.9 Å². The Morgan fingerprint density at radius 2 is 0.688 bits per heavy atom. The number of anilines is 2. The van der Waals surface area contributed by atoms with E-state index < -0.39 is 69.2 Å². The number of rotatable bonds is 2. The minimum absolute atomic E-state index is 0.0357. The Morgan fingerprint density at radius 1 is 0.469 bits per heavy atom. The van der Waals surface area contributed by atoms with Gasteiger partial charge in [-0.15, -0.1) is 0 Å². The lowest BCUT2D eigenvalue weighted by molar-refractivity contribution is -0.376. The number of nitrogen functional groups attached to an aromatic ring is 2. The van der Waals surface area contributed by atoms with Gasteiger partial charge in [0.2, 0.25) is 0 Å². The van der Waals surface area contributed by atoms with Gasteiger partial charge in [0.1, 0.15) is 0 Å². The average Bonchev–Trinajstić information content (AvgIpc) is 2.55. The highest BCUT2D eigenvalue weighted by Crippen LogP contribution is 2.54. The molecule has 0 heterocycles. The van der Waals surface area contributed by atoms with E-state index in [1.54, 1.807) is 0 Å². The molecule has 2 aromatic carbocycles. The van der Waals surface area contributed by atoms with E-state index in [0.717, 1.165) is 0 Å². The van der Waals surface area contributed by atoms with Gasteiger partial charge in [-0.2, -0.15) is 52.7 Å². The van der Waals surface area contributed by atoms with Crippen LogP contribution in [-0.2, 0) is 11.2 Å². The van der Waals surface area contributed by atoms with Crippen LogP contribution in [0.4, 0.5) is 64.1 Å². The van der Waals surface area contributed by atoms with E-state index >= 15 is 0 Å². The zero-order valence-corrected chi connectivity index (χ0v) is 14.9. The molecule has 0 amide bonds. The van der Waals surface area contributed by atoms with Crippen molar-refractivity contribution >= 4 is 22.1 Å². The number of benzene rings is 2. The molecule has 6 N–H and O–H groups in total. The molecule has 32 heavy (non-hydrogen) atoms. The number of aliphatic hydroxyl groups is 2. The van der Waals surface area contributed by atoms with E-state index in [4.69, 9.17) is 11.5 Å². The Morgan fingerprint density at radius 3 is 0.875 bits per heavy atom. The van der Waals surface area contributed by atoms with E-state index in [1.165, 1.54) is 0 Å². The largest absolute Gasteiger partial charge is 0.430 e. The maximum absolute atomic E-state index is 13.1. The molecule has 2 aromatic rings. The van der Waals surface area contributed by atoms with Gasteiger partial charge in [-0.1, -0.05) is 0 Å². The molecule has 0 radical (unpaired) electrons. The Kier molecular flexibility index (Phi) is 5.56. The topological polar surface area (TPSA) is 92.5 Å². The molecule has 0 atom stereocenters. The molecule has 0 aliphatic heterocycles. The fraction of sp³-hybridized carbons (Fsp3) is 0.375. The highest BCUT2D eigenvalue weighted by atomic mass is 19.4. The molecule has 4 nitrogen and oxygen atoms in total. The molecule has 0 aliphatic rings. The molecule has 2 rings (SSSR count). The van der Waals surface area contributed by atoms with E-state index in [9.17, 15) is 62.9 Å². The van der Waals surface area contributed by atoms with Crippen LogP contribution in [0.5, 0.6) is 0 Å². The number of halogens is 12. The molecule has 0 saturated heterocycles. The molecule has 0 fully saturated rings. The van der Waals surface area contributed by atoms with Crippen LogP contribution < -0.4 is 11.5 Å². The van der Waals surface area contributed by atoms with Crippen LogP contribution in [0.15, 0.2) is 24.3 Å². The van der Waals surface area contributed by atoms with Crippen LogP contribution in [0.1, 0.15) is 11.1 Å². The molecule has 0 unspecified atom stereocenters. The summed E-state index contributed by atoms with van der Waals surface area (Å²) >= 11 is 0. The van der Waals surface area contributed by atoms with E-state index in [0.29, 0.717) is 0 Å². The van der Waals surface area contributed by atoms with Gasteiger partial charge in [0.15, 0.2) is 0 Å². The number of fused-ring (bicyclic) bond motifs is 1. The first-order valence-electron chi connectivity index (χ1n) is 7.85. The SMILES string of the molecule is Nc1cc2cc(C(O)(C(F)(F)F)C(F)(F)F)c(N)cc2cc1C(O)(C(F)(F)F)C(F)(F)F. The van der Waals surface area contributed by atoms with Crippen LogP contribution in [0.25, 0.3) is 10.8 Å². The second-order valence-electron chi connectivity index (χ2n) is 6.64. The lowest BCUT2D eigenvalue weighted by Crippen LogP contribution is -2.54. The third kappa shape index (κ3) is 3.54. The molecule has 0 aliphatic carbocycles. The fourth-order valence-corrected chi connectivity index (χ4v) is 2.94. The van der Waals surface area contributed by atoms with Crippen LogP contribution in [0.3, 0.4) is 0 Å². The van der Waals surface area contributed by atoms with Gasteiger partial charge in [-0.05, 0) is 35.0 Å². The third-order valence-corrected chi connectivity index (χ3v) is 4.60. The van der Waals surface area contributed by atoms with E-state index in [1.807, 2.05) is 0 Å². The van der Waals surface area contributed by atoms with Gasteiger partial charge < -0.3 is 21.7 Å². The van der Waals surface area contributed by atoms with Crippen LogP contribution in [0.2, 0.25) is 0 Å². The van der Waals surface area contributed by atoms with E-state index in [-0.39, 0.29) is 24.3 Å². The number of hydrogen-bond acceptors (Lipinski definition) is 4. The summed E-state index contributed by atoms with van der Waals surface area (Å²) in [4.78, 5) is 0. The van der Waals surface area contributed by atoms with Crippen molar-refractivity contribution in [2.75, 3.05) is 11.5 Å². The first-order valence-corrected chi connectivity index (χ1v) is 7.85. The van der Waals surface area contributed by atoms with E-state index in [2.05, 4.69) is 0 Å². The van der Waals surface area contributed by atoms with Crippen molar-refractivity contribution in [2.24, 2.45) is 0 Å². The van der Waals surface area contributed by atoms with Gasteiger partial charge in [0.05, 0.1) is 0 Å². The Balaban J connectivity index is 2.92. The van der Waals surface area contributed by atoms with Crippen molar-refractivity contribution in [2.45, 2.75) is 35.9 Å². The monoisotopic (exact) mass is 490 g/mol. The minimum atomic E-state index is -6.37. The minimum Gasteiger partial charge on any atom is -0.398 e. The summed E-state index contributed by atoms with van der Waals surface area (Å²) < 4.78 is 157. The summed E-state index contributed by atoms with van der Waals surface area (Å²) in [6.45, 7) is 0. The molecular formula is C16H10F12N2O2. The lowest BCUT2D eigenvalue weighted by Gasteiger charge is -2.34. The van der Waals surface area contributed by atoms with Crippen LogP contribution >= 0.6 is 0 Å². The maximum Gasteiger partial charge on any atom is 0.430 e. The van der Waals surface area contributed by atoms with Crippen molar-refractivity contribution in [1.82, 2.24) is 0 Å². The Bertz CT molecular complexity index is 926. The number of hydrogen-bond donors (Lipinski definition) is 4. The van der Waals surface area contributed by atoms with Gasteiger partial charge in [0.25, 0.3) is 11.2 Å². The summed E-state index contributed by atoms with van der Waals surface area (Å²) in [6.07, 6.45) is -25.5. The van der Waals surface area contributed by atoms with Crippen molar-refractivity contribution in [3.63, 3.8) is 0 Å². The second-order valence-corrected chi connectivity index (χ2v) is 6.64. The quantitative estimate of drug-likeness (QED) is 0.365. The molecular weight excluding hydrogens is 480 g/mol. The van der Waals surface area contributed by atoms with Crippen molar-refractivity contribution in [3.05, 3.63) is 35.4 Å². The molecule has 0 bridgehead atoms. The first kappa shape index (κ1) is 25.6. The standard InChI is InChI=1S/C16H10F12N2O2/c17-13(18,19)11(31,14(20,21)22)7-1-5-3-10(30)8(2-6(5)4-9(7)29)12(32,15(23,24)25)16(26,27)28/h1-4,31-32H,29-30H2. The lowest BCUT2D eigenvalue weighted by atomic mass is 9.85. The number of alkyl halides is 12. The van der Waals surface area contributed by atoms with Gasteiger partial charge >= 0.3 is 24.7 Å². The molecule has 0 aromatic heterocycles. The Labute approximate surface area is 169 Å². The smallest absolute Gasteiger partial charge is 0.398 e. The summed E-state index contributed by atoms with van der Waals surface area (Å²) in [6, 6.07) is 0.268. The fourth-order valence-electron chi connectivity index (χ4n) is 2.94. The second kappa shape index (κ2) is 6.94. The summed E-state index contributed by atoms with van der Waals surface area (Å²) in [5.41, 5.74) is -7.68. The van der Waals surface area contributed by atoms with Crippen LogP contribution in [0, 0.1) is 0 Å². The third-order valence-electron chi connectivity index (χ3n) is 4.60. The summed E-state index contributed by atoms with van der Waals surface area (Å²) in [7, 11) is 0. The predicted octanol–water partition coefficient (Wildman–Crippen LogP) is 4.63. The van der Waals surface area contributed by atoms with Crippen molar-refractivity contribution in [3.8, 4) is 0 Å². The predicted molar refractivity (Wildman–Crippen MR) is 84.8 cm³/mol. The summed E-state index contributed by atoms with van der Waals surface area (Å²) in [5.74, 6) is 0. The molecule has 16 heteroatoms. The summed E-state index contributed by atoms with van der Waals surface area (Å²) in [5, 5.41) is 17.2. The normalized spacial score (nSPS) is 14.8. The zero-order chi connectivity index (χ0) is 25.3. The average molecular weight is 490 g/mol.